The minimum absolute atomic E-state index is 0.0837. The van der Waals surface area contributed by atoms with Crippen molar-refractivity contribution in [2.75, 3.05) is 6.54 Å². The molecule has 1 aliphatic carbocycles. The van der Waals surface area contributed by atoms with E-state index in [2.05, 4.69) is 28.1 Å². The summed E-state index contributed by atoms with van der Waals surface area (Å²) in [5, 5.41) is 18.3. The van der Waals surface area contributed by atoms with Crippen molar-refractivity contribution in [1.29, 1.82) is 5.41 Å². The molecule has 0 bridgehead atoms. The topological polar surface area (TPSA) is 89.4 Å². The van der Waals surface area contributed by atoms with Crippen molar-refractivity contribution in [2.24, 2.45) is 11.0 Å². The van der Waals surface area contributed by atoms with Crippen molar-refractivity contribution >= 4 is 18.3 Å². The molecule has 0 aromatic rings. The van der Waals surface area contributed by atoms with E-state index in [1.54, 1.807) is 18.4 Å². The molecule has 0 aromatic heterocycles. The van der Waals surface area contributed by atoms with Gasteiger partial charge in [-0.2, -0.15) is 5.10 Å². The molecule has 2 heterocycles. The van der Waals surface area contributed by atoms with Crippen molar-refractivity contribution < 1.29 is 4.79 Å². The number of nitrogens with zero attached hydrogens (tertiary/aromatic N) is 1. The SMILES string of the molecule is CCC1CCNC2(CC2)C1NC(=O)/C(C=N)=C1\C=CC=NN1. The van der Waals surface area contributed by atoms with Crippen LogP contribution in [0.5, 0.6) is 0 Å². The quantitative estimate of drug-likeness (QED) is 0.462. The summed E-state index contributed by atoms with van der Waals surface area (Å²) in [7, 11) is 0. The molecule has 2 fully saturated rings. The summed E-state index contributed by atoms with van der Waals surface area (Å²) in [5.41, 5.74) is 3.76. The van der Waals surface area contributed by atoms with Crippen LogP contribution in [0.15, 0.2) is 28.5 Å². The van der Waals surface area contributed by atoms with E-state index < -0.39 is 0 Å². The number of carbonyl (C=O) groups excluding carboxylic acids is 1. The molecule has 4 N–H and O–H groups in total. The van der Waals surface area contributed by atoms with E-state index in [1.165, 1.54) is 0 Å². The van der Waals surface area contributed by atoms with Gasteiger partial charge in [0, 0.05) is 18.0 Å². The van der Waals surface area contributed by atoms with Crippen molar-refractivity contribution in [3.63, 3.8) is 0 Å². The molecule has 6 nitrogen and oxygen atoms in total. The van der Waals surface area contributed by atoms with E-state index in [4.69, 9.17) is 5.41 Å². The molecule has 22 heavy (non-hydrogen) atoms. The predicted octanol–water partition coefficient (Wildman–Crippen LogP) is 1.07. The molecule has 2 atom stereocenters. The Kier molecular flexibility index (Phi) is 4.11. The minimum atomic E-state index is -0.197. The molecule has 0 radical (unpaired) electrons. The van der Waals surface area contributed by atoms with Crippen molar-refractivity contribution in [3.05, 3.63) is 23.4 Å². The molecule has 3 aliphatic rings. The van der Waals surface area contributed by atoms with Gasteiger partial charge in [-0.05, 0) is 43.9 Å². The number of rotatable bonds is 4. The van der Waals surface area contributed by atoms with E-state index in [1.807, 2.05) is 0 Å². The summed E-state index contributed by atoms with van der Waals surface area (Å²) in [4.78, 5) is 12.6. The van der Waals surface area contributed by atoms with Gasteiger partial charge in [0.25, 0.3) is 5.91 Å². The van der Waals surface area contributed by atoms with Gasteiger partial charge in [-0.3, -0.25) is 10.2 Å². The van der Waals surface area contributed by atoms with Crippen LogP contribution in [0, 0.1) is 11.3 Å². The fourth-order valence-electron chi connectivity index (χ4n) is 3.51. The smallest absolute Gasteiger partial charge is 0.255 e. The number of allylic oxidation sites excluding steroid dienone is 2. The highest BCUT2D eigenvalue weighted by Gasteiger charge is 2.54. The van der Waals surface area contributed by atoms with Crippen LogP contribution in [0.2, 0.25) is 0 Å². The van der Waals surface area contributed by atoms with Crippen LogP contribution in [0.1, 0.15) is 32.6 Å². The normalized spacial score (nSPS) is 30.6. The molecule has 1 saturated heterocycles. The van der Waals surface area contributed by atoms with Gasteiger partial charge >= 0.3 is 0 Å². The Morgan fingerprint density at radius 1 is 1.59 bits per heavy atom. The second kappa shape index (κ2) is 6.04. The lowest BCUT2D eigenvalue weighted by atomic mass is 9.83. The van der Waals surface area contributed by atoms with Crippen LogP contribution in [-0.4, -0.2) is 36.5 Å². The van der Waals surface area contributed by atoms with Crippen LogP contribution in [0.3, 0.4) is 0 Å². The third-order valence-electron chi connectivity index (χ3n) is 4.95. The second-order valence-electron chi connectivity index (χ2n) is 6.21. The molecule has 118 valence electrons. The summed E-state index contributed by atoms with van der Waals surface area (Å²) < 4.78 is 0. The van der Waals surface area contributed by atoms with E-state index >= 15 is 0 Å². The number of hydrogen-bond acceptors (Lipinski definition) is 5. The van der Waals surface area contributed by atoms with Gasteiger partial charge in [-0.1, -0.05) is 13.3 Å². The zero-order chi connectivity index (χ0) is 15.6. The molecular weight excluding hydrogens is 278 g/mol. The Balaban J connectivity index is 1.78. The van der Waals surface area contributed by atoms with Gasteiger partial charge in [0.1, 0.15) is 0 Å². The van der Waals surface area contributed by atoms with Gasteiger partial charge in [0.15, 0.2) is 0 Å². The lowest BCUT2D eigenvalue weighted by molar-refractivity contribution is -0.118. The average Bonchev–Trinajstić information content (AvgIpc) is 3.31. The van der Waals surface area contributed by atoms with Crippen LogP contribution in [-0.2, 0) is 4.79 Å². The highest BCUT2D eigenvalue weighted by atomic mass is 16.1. The Labute approximate surface area is 130 Å². The van der Waals surface area contributed by atoms with Gasteiger partial charge < -0.3 is 16.0 Å². The second-order valence-corrected chi connectivity index (χ2v) is 6.21. The average molecular weight is 301 g/mol. The van der Waals surface area contributed by atoms with Gasteiger partial charge in [0.2, 0.25) is 0 Å². The fourth-order valence-corrected chi connectivity index (χ4v) is 3.51. The molecule has 2 aliphatic heterocycles. The predicted molar refractivity (Wildman–Crippen MR) is 86.9 cm³/mol. The first-order valence-corrected chi connectivity index (χ1v) is 7.96. The van der Waals surface area contributed by atoms with Gasteiger partial charge in [-0.15, -0.1) is 0 Å². The van der Waals surface area contributed by atoms with Gasteiger partial charge in [-0.25, -0.2) is 0 Å². The maximum atomic E-state index is 12.6. The maximum Gasteiger partial charge on any atom is 0.255 e. The Hall–Kier alpha value is -1.95. The third-order valence-corrected chi connectivity index (χ3v) is 4.95. The maximum absolute atomic E-state index is 12.6. The molecule has 6 heteroatoms. The summed E-state index contributed by atoms with van der Waals surface area (Å²) in [6.45, 7) is 3.21. The summed E-state index contributed by atoms with van der Waals surface area (Å²) in [6, 6.07) is 0.144. The first kappa shape index (κ1) is 15.0. The molecular formula is C16H23N5O. The molecule has 3 rings (SSSR count). The Morgan fingerprint density at radius 2 is 2.41 bits per heavy atom. The zero-order valence-corrected chi connectivity index (χ0v) is 12.9. The molecule has 2 unspecified atom stereocenters. The highest BCUT2D eigenvalue weighted by Crippen LogP contribution is 2.45. The summed E-state index contributed by atoms with van der Waals surface area (Å²) in [6.07, 6.45) is 10.6. The van der Waals surface area contributed by atoms with E-state index in [9.17, 15) is 4.79 Å². The Morgan fingerprint density at radius 3 is 3.00 bits per heavy atom. The first-order chi connectivity index (χ1) is 10.7. The zero-order valence-electron chi connectivity index (χ0n) is 12.9. The van der Waals surface area contributed by atoms with Crippen LogP contribution in [0.4, 0.5) is 0 Å². The summed E-state index contributed by atoms with van der Waals surface area (Å²) in [5.74, 6) is 0.301. The molecule has 0 aromatic carbocycles. The van der Waals surface area contributed by atoms with Crippen molar-refractivity contribution in [2.45, 2.75) is 44.2 Å². The monoisotopic (exact) mass is 301 g/mol. The summed E-state index contributed by atoms with van der Waals surface area (Å²) >= 11 is 0. The van der Waals surface area contributed by atoms with E-state index in [-0.39, 0.29) is 17.5 Å². The Bertz CT molecular complexity index is 559. The van der Waals surface area contributed by atoms with Crippen LogP contribution in [0.25, 0.3) is 0 Å². The van der Waals surface area contributed by atoms with E-state index in [0.717, 1.165) is 38.4 Å². The fraction of sp³-hybridized carbons (Fsp3) is 0.562. The highest BCUT2D eigenvalue weighted by molar-refractivity contribution is 6.12. The number of nitrogens with one attached hydrogen (secondary N) is 4. The molecule has 1 spiro atoms. The van der Waals surface area contributed by atoms with Crippen molar-refractivity contribution in [1.82, 2.24) is 16.1 Å². The number of carbonyl (C=O) groups is 1. The van der Waals surface area contributed by atoms with Crippen molar-refractivity contribution in [3.8, 4) is 0 Å². The van der Waals surface area contributed by atoms with E-state index in [0.29, 0.717) is 17.2 Å². The largest absolute Gasteiger partial charge is 0.347 e. The van der Waals surface area contributed by atoms with Crippen LogP contribution >= 0.6 is 0 Å². The standard InChI is InChI=1S/C16H23N5O/c1-2-11-5-9-18-16(6-7-16)14(11)20-15(22)12(10-17)13-4-3-8-19-21-13/h3-4,8,10-11,14,17-18,21H,2,5-7,9H2,1H3,(H,20,22)/b13-12+,17-10?. The number of hydrogen-bond donors (Lipinski definition) is 4. The first-order valence-electron chi connectivity index (χ1n) is 7.96. The van der Waals surface area contributed by atoms with Gasteiger partial charge in [0.05, 0.1) is 17.3 Å². The lowest BCUT2D eigenvalue weighted by Crippen LogP contribution is -2.60. The number of amides is 1. The van der Waals surface area contributed by atoms with Crippen LogP contribution < -0.4 is 16.1 Å². The third kappa shape index (κ3) is 2.70. The lowest BCUT2D eigenvalue weighted by Gasteiger charge is -2.40. The number of hydrazone groups is 1. The molecule has 1 saturated carbocycles. The minimum Gasteiger partial charge on any atom is -0.347 e. The number of piperidine rings is 1. The molecule has 1 amide bonds.